The van der Waals surface area contributed by atoms with E-state index >= 15 is 0 Å². The van der Waals surface area contributed by atoms with Crippen LogP contribution in [0, 0.1) is 0 Å². The molecule has 2 amide bonds. The number of para-hydroxylation sites is 1. The van der Waals surface area contributed by atoms with Gasteiger partial charge in [0.05, 0.1) is 11.1 Å². The van der Waals surface area contributed by atoms with Crippen molar-refractivity contribution in [3.63, 3.8) is 0 Å². The second-order valence-corrected chi connectivity index (χ2v) is 8.14. The topological polar surface area (TPSA) is 53.2 Å². The molecule has 1 aromatic heterocycles. The number of H-pyrrole nitrogens is 1. The molecule has 1 aliphatic rings. The molecule has 0 atom stereocenters. The second-order valence-electron chi connectivity index (χ2n) is 8.14. The van der Waals surface area contributed by atoms with Gasteiger partial charge in [-0.1, -0.05) is 66.7 Å². The van der Waals surface area contributed by atoms with Gasteiger partial charge in [-0.25, -0.2) is 0 Å². The van der Waals surface area contributed by atoms with Gasteiger partial charge in [0.25, 0.3) is 11.8 Å². The van der Waals surface area contributed by atoms with Crippen LogP contribution in [0.1, 0.15) is 26.3 Å². The normalized spacial score (nSPS) is 13.3. The Morgan fingerprint density at radius 3 is 2.12 bits per heavy atom. The van der Waals surface area contributed by atoms with E-state index in [1.807, 2.05) is 24.3 Å². The van der Waals surface area contributed by atoms with Crippen molar-refractivity contribution in [2.75, 3.05) is 6.54 Å². The highest BCUT2D eigenvalue weighted by Crippen LogP contribution is 2.33. The van der Waals surface area contributed by atoms with Crippen molar-refractivity contribution >= 4 is 33.5 Å². The predicted octanol–water partition coefficient (Wildman–Crippen LogP) is 5.83. The van der Waals surface area contributed by atoms with Crippen molar-refractivity contribution in [3.8, 4) is 11.3 Å². The van der Waals surface area contributed by atoms with Gasteiger partial charge >= 0.3 is 0 Å². The molecule has 0 unspecified atom stereocenters. The van der Waals surface area contributed by atoms with Gasteiger partial charge in [0.2, 0.25) is 0 Å². The summed E-state index contributed by atoms with van der Waals surface area (Å²) >= 11 is 0. The average Bonchev–Trinajstić information content (AvgIpc) is 3.33. The molecule has 32 heavy (non-hydrogen) atoms. The molecule has 1 aliphatic heterocycles. The van der Waals surface area contributed by atoms with Crippen LogP contribution < -0.4 is 0 Å². The summed E-state index contributed by atoms with van der Waals surface area (Å²) in [5, 5.41) is 3.49. The Labute approximate surface area is 185 Å². The van der Waals surface area contributed by atoms with Crippen LogP contribution in [0.3, 0.4) is 0 Å². The lowest BCUT2D eigenvalue weighted by Gasteiger charge is -2.14. The number of hydrogen-bond donors (Lipinski definition) is 1. The van der Waals surface area contributed by atoms with Gasteiger partial charge in [0.15, 0.2) is 0 Å². The van der Waals surface area contributed by atoms with Crippen molar-refractivity contribution < 1.29 is 9.59 Å². The molecule has 1 N–H and O–H groups in total. The van der Waals surface area contributed by atoms with Crippen LogP contribution in [-0.4, -0.2) is 28.2 Å². The maximum absolute atomic E-state index is 12.8. The maximum Gasteiger partial charge on any atom is 0.261 e. The number of imide groups is 1. The van der Waals surface area contributed by atoms with E-state index < -0.39 is 0 Å². The zero-order chi connectivity index (χ0) is 21.7. The third kappa shape index (κ3) is 2.84. The minimum atomic E-state index is -0.210. The van der Waals surface area contributed by atoms with Crippen LogP contribution in [0.5, 0.6) is 0 Å². The molecule has 4 nitrogen and oxygen atoms in total. The first-order valence-corrected chi connectivity index (χ1v) is 10.7. The summed E-state index contributed by atoms with van der Waals surface area (Å²) in [4.78, 5) is 30.6. The van der Waals surface area contributed by atoms with Gasteiger partial charge in [0.1, 0.15) is 0 Å². The number of aromatic amines is 1. The molecule has 154 valence electrons. The first kappa shape index (κ1) is 18.6. The van der Waals surface area contributed by atoms with Gasteiger partial charge in [-0.05, 0) is 52.6 Å². The van der Waals surface area contributed by atoms with E-state index in [9.17, 15) is 9.59 Å². The fourth-order valence-electron chi connectivity index (χ4n) is 4.72. The predicted molar refractivity (Wildman–Crippen MR) is 127 cm³/mol. The van der Waals surface area contributed by atoms with E-state index in [4.69, 9.17) is 0 Å². The third-order valence-corrected chi connectivity index (χ3v) is 6.32. The van der Waals surface area contributed by atoms with E-state index in [1.165, 1.54) is 15.7 Å². The van der Waals surface area contributed by atoms with Crippen LogP contribution >= 0.6 is 0 Å². The minimum Gasteiger partial charge on any atom is -0.354 e. The van der Waals surface area contributed by atoms with Gasteiger partial charge in [0, 0.05) is 23.1 Å². The number of hydrogen-bond acceptors (Lipinski definition) is 2. The molecular formula is C28H20N2O2. The third-order valence-electron chi connectivity index (χ3n) is 6.32. The minimum absolute atomic E-state index is 0.210. The van der Waals surface area contributed by atoms with Crippen molar-refractivity contribution in [1.29, 1.82) is 0 Å². The van der Waals surface area contributed by atoms with Gasteiger partial charge in [-0.2, -0.15) is 0 Å². The molecule has 0 saturated carbocycles. The van der Waals surface area contributed by atoms with E-state index in [0.29, 0.717) is 24.1 Å². The van der Waals surface area contributed by atoms with Crippen LogP contribution in [0.15, 0.2) is 91.0 Å². The molecule has 4 aromatic carbocycles. The Bertz CT molecular complexity index is 1490. The summed E-state index contributed by atoms with van der Waals surface area (Å²) in [6, 6.07) is 30.0. The number of rotatable bonds is 4. The van der Waals surface area contributed by atoms with Crippen molar-refractivity contribution in [3.05, 3.63) is 108 Å². The number of fused-ring (bicyclic) bond motifs is 3. The summed E-state index contributed by atoms with van der Waals surface area (Å²) in [5.41, 5.74) is 5.28. The molecule has 0 bridgehead atoms. The molecule has 0 radical (unpaired) electrons. The van der Waals surface area contributed by atoms with Crippen molar-refractivity contribution in [1.82, 2.24) is 9.88 Å². The Hall–Kier alpha value is -4.18. The summed E-state index contributed by atoms with van der Waals surface area (Å²) in [5.74, 6) is -0.421. The molecule has 0 aliphatic carbocycles. The Morgan fingerprint density at radius 2 is 1.34 bits per heavy atom. The number of aromatic nitrogens is 1. The molecule has 5 aromatic rings. The lowest BCUT2D eigenvalue weighted by atomic mass is 10.00. The maximum atomic E-state index is 12.8. The summed E-state index contributed by atoms with van der Waals surface area (Å²) in [7, 11) is 0. The van der Waals surface area contributed by atoms with Crippen LogP contribution in [0.4, 0.5) is 0 Å². The van der Waals surface area contributed by atoms with Crippen LogP contribution in [0.2, 0.25) is 0 Å². The SMILES string of the molecule is O=C1c2ccccc2C(=O)N1CCc1c(-c2ccc3ccccc3c2)[nH]c2ccccc12. The monoisotopic (exact) mass is 416 g/mol. The first-order valence-electron chi connectivity index (χ1n) is 10.7. The molecule has 0 fully saturated rings. The number of nitrogens with zero attached hydrogens (tertiary/aromatic N) is 1. The summed E-state index contributed by atoms with van der Waals surface area (Å²) in [6.45, 7) is 0.342. The molecule has 2 heterocycles. The fraction of sp³-hybridized carbons (Fsp3) is 0.0714. The average molecular weight is 416 g/mol. The standard InChI is InChI=1S/C28H20N2O2/c31-27-23-10-3-4-11-24(23)28(32)30(27)16-15-22-21-9-5-6-12-25(21)29-26(22)20-14-13-18-7-1-2-8-19(18)17-20/h1-14,17,29H,15-16H2. The fourth-order valence-corrected chi connectivity index (χ4v) is 4.72. The highest BCUT2D eigenvalue weighted by Gasteiger charge is 2.34. The van der Waals surface area contributed by atoms with Crippen LogP contribution in [0.25, 0.3) is 32.9 Å². The Balaban J connectivity index is 1.40. The Morgan fingerprint density at radius 1 is 0.688 bits per heavy atom. The summed E-state index contributed by atoms with van der Waals surface area (Å²) in [6.07, 6.45) is 0.581. The quantitative estimate of drug-likeness (QED) is 0.375. The molecule has 4 heteroatoms. The van der Waals surface area contributed by atoms with E-state index in [0.717, 1.165) is 27.7 Å². The highest BCUT2D eigenvalue weighted by molar-refractivity contribution is 6.21. The molecule has 6 rings (SSSR count). The van der Waals surface area contributed by atoms with Crippen molar-refractivity contribution in [2.24, 2.45) is 0 Å². The molecular weight excluding hydrogens is 396 g/mol. The van der Waals surface area contributed by atoms with Gasteiger partial charge in [-0.3, -0.25) is 14.5 Å². The number of nitrogens with one attached hydrogen (secondary N) is 1. The number of carbonyl (C=O) groups excluding carboxylic acids is 2. The van der Waals surface area contributed by atoms with E-state index in [2.05, 4.69) is 47.4 Å². The number of amides is 2. The zero-order valence-electron chi connectivity index (χ0n) is 17.3. The lowest BCUT2D eigenvalue weighted by Crippen LogP contribution is -2.31. The van der Waals surface area contributed by atoms with Gasteiger partial charge in [-0.15, -0.1) is 0 Å². The lowest BCUT2D eigenvalue weighted by molar-refractivity contribution is 0.0656. The van der Waals surface area contributed by atoms with Gasteiger partial charge < -0.3 is 4.98 Å². The highest BCUT2D eigenvalue weighted by atomic mass is 16.2. The second kappa shape index (κ2) is 7.20. The zero-order valence-corrected chi connectivity index (χ0v) is 17.3. The van der Waals surface area contributed by atoms with E-state index in [-0.39, 0.29) is 11.8 Å². The molecule has 0 spiro atoms. The first-order chi connectivity index (χ1) is 15.7. The smallest absolute Gasteiger partial charge is 0.261 e. The summed E-state index contributed by atoms with van der Waals surface area (Å²) < 4.78 is 0. The Kier molecular flexibility index (Phi) is 4.18. The largest absolute Gasteiger partial charge is 0.354 e. The van der Waals surface area contributed by atoms with Crippen LogP contribution in [-0.2, 0) is 6.42 Å². The number of benzene rings is 4. The molecule has 0 saturated heterocycles. The van der Waals surface area contributed by atoms with Crippen molar-refractivity contribution in [2.45, 2.75) is 6.42 Å². The number of carbonyl (C=O) groups is 2. The van der Waals surface area contributed by atoms with E-state index in [1.54, 1.807) is 24.3 Å².